The molecule has 1 aliphatic heterocycles. The van der Waals surface area contributed by atoms with Crippen molar-refractivity contribution < 1.29 is 23.4 Å². The van der Waals surface area contributed by atoms with Gasteiger partial charge in [0, 0.05) is 25.4 Å². The number of aliphatic hydroxyl groups is 1. The number of rotatable bonds is 7. The molecule has 0 spiro atoms. The lowest BCUT2D eigenvalue weighted by molar-refractivity contribution is -0.122. The van der Waals surface area contributed by atoms with Crippen LogP contribution >= 0.6 is 0 Å². The van der Waals surface area contributed by atoms with Gasteiger partial charge in [0.15, 0.2) is 23.2 Å². The summed E-state index contributed by atoms with van der Waals surface area (Å²) in [6, 6.07) is 1.60. The van der Waals surface area contributed by atoms with Crippen LogP contribution in [-0.4, -0.2) is 56.6 Å². The Balaban J connectivity index is 1.47. The number of fused-ring (bicyclic) bond motifs is 1. The van der Waals surface area contributed by atoms with Crippen LogP contribution in [0.1, 0.15) is 30.7 Å². The highest BCUT2D eigenvalue weighted by Crippen LogP contribution is 2.35. The molecule has 0 aliphatic carbocycles. The fraction of sp³-hybridized carbons (Fsp3) is 0.391. The summed E-state index contributed by atoms with van der Waals surface area (Å²) < 4.78 is 34.2. The summed E-state index contributed by atoms with van der Waals surface area (Å²) in [6.07, 6.45) is 3.38. The summed E-state index contributed by atoms with van der Waals surface area (Å²) >= 11 is 0. The maximum absolute atomic E-state index is 14.0. The van der Waals surface area contributed by atoms with Crippen LogP contribution in [-0.2, 0) is 17.9 Å². The molecule has 0 saturated heterocycles. The number of amides is 1. The molecule has 186 valence electrons. The smallest absolute Gasteiger partial charge is 0.250 e. The maximum atomic E-state index is 14.0. The van der Waals surface area contributed by atoms with Gasteiger partial charge < -0.3 is 25.4 Å². The highest BCUT2D eigenvalue weighted by atomic mass is 19.1. The quantitative estimate of drug-likeness (QED) is 0.465. The molecule has 0 radical (unpaired) electrons. The van der Waals surface area contributed by atoms with Gasteiger partial charge >= 0.3 is 0 Å². The van der Waals surface area contributed by atoms with Gasteiger partial charge in [-0.15, -0.1) is 0 Å². The molecule has 1 aromatic carbocycles. The number of hydrogen-bond donors (Lipinski definition) is 3. The lowest BCUT2D eigenvalue weighted by atomic mass is 9.95. The number of aryl methyl sites for hydroxylation is 1. The number of nitrogens with zero attached hydrogens (tertiary/aromatic N) is 5. The molecule has 12 heteroatoms. The second-order valence-corrected chi connectivity index (χ2v) is 8.98. The zero-order chi connectivity index (χ0) is 25.5. The van der Waals surface area contributed by atoms with Crippen LogP contribution in [0.25, 0.3) is 0 Å². The lowest BCUT2D eigenvalue weighted by Gasteiger charge is -2.40. The number of carbonyl (C=O) groups excluding carboxylic acids is 1. The SMILES string of the molecule is COc1c(F)cc(Cn2cc(CNc3nc(C)c4c(n3)N(C)[C@@H](C(C)(C)O)C(=O)N4)cn2)cc1F. The molecule has 3 aromatic rings. The van der Waals surface area contributed by atoms with Gasteiger partial charge in [-0.1, -0.05) is 0 Å². The molecule has 1 aliphatic rings. The monoisotopic (exact) mass is 487 g/mol. The van der Waals surface area contributed by atoms with E-state index in [0.717, 1.165) is 5.56 Å². The molecule has 0 fully saturated rings. The van der Waals surface area contributed by atoms with E-state index in [-0.39, 0.29) is 12.5 Å². The Labute approximate surface area is 200 Å². The van der Waals surface area contributed by atoms with E-state index in [1.165, 1.54) is 19.2 Å². The van der Waals surface area contributed by atoms with Crippen molar-refractivity contribution in [3.63, 3.8) is 0 Å². The molecule has 1 amide bonds. The minimum absolute atomic E-state index is 0.176. The number of aromatic nitrogens is 4. The van der Waals surface area contributed by atoms with Crippen LogP contribution in [0.15, 0.2) is 24.5 Å². The van der Waals surface area contributed by atoms with Crippen molar-refractivity contribution in [2.24, 2.45) is 0 Å². The molecule has 10 nitrogen and oxygen atoms in total. The third-order valence-corrected chi connectivity index (χ3v) is 5.70. The number of nitrogens with one attached hydrogen (secondary N) is 2. The Kier molecular flexibility index (Phi) is 6.32. The Bertz CT molecular complexity index is 1250. The molecule has 1 atom stereocenters. The molecular formula is C23H27F2N7O3. The molecular weight excluding hydrogens is 460 g/mol. The van der Waals surface area contributed by atoms with E-state index in [2.05, 4.69) is 25.7 Å². The predicted molar refractivity (Wildman–Crippen MR) is 125 cm³/mol. The number of benzene rings is 1. The van der Waals surface area contributed by atoms with Gasteiger partial charge in [0.25, 0.3) is 0 Å². The second kappa shape index (κ2) is 9.10. The number of likely N-dealkylation sites (N-methyl/N-ethyl adjacent to an activating group) is 1. The third-order valence-electron chi connectivity index (χ3n) is 5.70. The van der Waals surface area contributed by atoms with E-state index in [9.17, 15) is 18.7 Å². The first-order chi connectivity index (χ1) is 16.5. The van der Waals surface area contributed by atoms with E-state index in [1.54, 1.807) is 49.8 Å². The predicted octanol–water partition coefficient (Wildman–Crippen LogP) is 2.46. The molecule has 3 heterocycles. The largest absolute Gasteiger partial charge is 0.491 e. The highest BCUT2D eigenvalue weighted by molar-refractivity contribution is 6.04. The average molecular weight is 488 g/mol. The van der Waals surface area contributed by atoms with E-state index in [0.29, 0.717) is 35.3 Å². The van der Waals surface area contributed by atoms with Crippen molar-refractivity contribution in [1.29, 1.82) is 0 Å². The van der Waals surface area contributed by atoms with Gasteiger partial charge in [-0.05, 0) is 38.5 Å². The summed E-state index contributed by atoms with van der Waals surface area (Å²) in [5.41, 5.74) is 0.993. The fourth-order valence-electron chi connectivity index (χ4n) is 4.17. The first-order valence-corrected chi connectivity index (χ1v) is 10.9. The number of ether oxygens (including phenoxy) is 1. The van der Waals surface area contributed by atoms with Crippen LogP contribution < -0.4 is 20.3 Å². The molecule has 3 N–H and O–H groups in total. The minimum atomic E-state index is -1.28. The van der Waals surface area contributed by atoms with E-state index >= 15 is 0 Å². The van der Waals surface area contributed by atoms with Gasteiger partial charge in [0.2, 0.25) is 11.9 Å². The van der Waals surface area contributed by atoms with Gasteiger partial charge in [-0.25, -0.2) is 13.8 Å². The first kappa shape index (κ1) is 24.3. The van der Waals surface area contributed by atoms with E-state index in [4.69, 9.17) is 4.74 Å². The number of halogens is 2. The Morgan fingerprint density at radius 3 is 2.54 bits per heavy atom. The molecule has 4 rings (SSSR count). The van der Waals surface area contributed by atoms with Crippen molar-refractivity contribution in [2.45, 2.75) is 45.5 Å². The number of carbonyl (C=O) groups is 1. The van der Waals surface area contributed by atoms with Crippen molar-refractivity contribution in [3.05, 3.63) is 53.0 Å². The molecule has 2 aromatic heterocycles. The van der Waals surface area contributed by atoms with Gasteiger partial charge in [0.1, 0.15) is 11.7 Å². The first-order valence-electron chi connectivity index (χ1n) is 10.9. The van der Waals surface area contributed by atoms with Crippen molar-refractivity contribution in [2.75, 3.05) is 29.7 Å². The fourth-order valence-corrected chi connectivity index (χ4v) is 4.17. The number of anilines is 3. The summed E-state index contributed by atoms with van der Waals surface area (Å²) in [6.45, 7) is 5.41. The Hall–Kier alpha value is -3.80. The van der Waals surface area contributed by atoms with Crippen LogP contribution in [0, 0.1) is 18.6 Å². The summed E-state index contributed by atoms with van der Waals surface area (Å²) in [5, 5.41) is 20.6. The van der Waals surface area contributed by atoms with Gasteiger partial charge in [-0.3, -0.25) is 9.48 Å². The van der Waals surface area contributed by atoms with Crippen molar-refractivity contribution in [1.82, 2.24) is 19.7 Å². The van der Waals surface area contributed by atoms with Crippen molar-refractivity contribution in [3.8, 4) is 5.75 Å². The number of hydrogen-bond acceptors (Lipinski definition) is 8. The third kappa shape index (κ3) is 4.87. The maximum Gasteiger partial charge on any atom is 0.250 e. The van der Waals surface area contributed by atoms with E-state index in [1.807, 2.05) is 0 Å². The highest BCUT2D eigenvalue weighted by Gasteiger charge is 2.42. The van der Waals surface area contributed by atoms with Crippen LogP contribution in [0.5, 0.6) is 5.75 Å². The molecule has 0 bridgehead atoms. The summed E-state index contributed by atoms with van der Waals surface area (Å²) in [7, 11) is 2.91. The molecule has 0 saturated carbocycles. The summed E-state index contributed by atoms with van der Waals surface area (Å²) in [4.78, 5) is 23.1. The zero-order valence-corrected chi connectivity index (χ0v) is 20.1. The molecule has 0 unspecified atom stereocenters. The zero-order valence-electron chi connectivity index (χ0n) is 20.1. The standard InChI is InChI=1S/C23H27F2N7O3/c1-12-17-20(31(4)19(21(33)29-17)23(2,3)34)30-22(28-12)26-8-14-9-27-32(11-14)10-13-6-15(24)18(35-5)16(25)7-13/h6-7,9,11,19,34H,8,10H2,1-5H3,(H,29,33)(H,26,28,30)/t19-/m1/s1. The lowest BCUT2D eigenvalue weighted by Crippen LogP contribution is -2.57. The van der Waals surface area contributed by atoms with Crippen LogP contribution in [0.3, 0.4) is 0 Å². The van der Waals surface area contributed by atoms with Crippen molar-refractivity contribution >= 4 is 23.4 Å². The Morgan fingerprint density at radius 1 is 1.23 bits per heavy atom. The minimum Gasteiger partial charge on any atom is -0.491 e. The number of methoxy groups -OCH3 is 1. The van der Waals surface area contributed by atoms with Gasteiger partial charge in [0.05, 0.1) is 31.1 Å². The van der Waals surface area contributed by atoms with Crippen LogP contribution in [0.4, 0.5) is 26.2 Å². The Morgan fingerprint density at radius 2 is 1.91 bits per heavy atom. The average Bonchev–Trinajstić information content (AvgIpc) is 3.19. The second-order valence-electron chi connectivity index (χ2n) is 8.98. The molecule has 35 heavy (non-hydrogen) atoms. The normalized spacial score (nSPS) is 15.6. The van der Waals surface area contributed by atoms with Gasteiger partial charge in [-0.2, -0.15) is 10.1 Å². The van der Waals surface area contributed by atoms with Crippen LogP contribution in [0.2, 0.25) is 0 Å². The van der Waals surface area contributed by atoms with E-state index < -0.39 is 29.0 Å². The topological polar surface area (TPSA) is 117 Å². The summed E-state index contributed by atoms with van der Waals surface area (Å²) in [5.74, 6) is -1.46.